The van der Waals surface area contributed by atoms with Crippen molar-refractivity contribution >= 4 is 0 Å². The maximum atomic E-state index is 11.5. The van der Waals surface area contributed by atoms with Crippen LogP contribution in [-0.4, -0.2) is 9.97 Å². The first-order valence-corrected chi connectivity index (χ1v) is 4.59. The Balaban J connectivity index is 2.31. The van der Waals surface area contributed by atoms with E-state index >= 15 is 0 Å². The van der Waals surface area contributed by atoms with Gasteiger partial charge in [0.1, 0.15) is 5.82 Å². The summed E-state index contributed by atoms with van der Waals surface area (Å²) < 4.78 is 0. The molecule has 4 heteroatoms. The summed E-state index contributed by atoms with van der Waals surface area (Å²) in [4.78, 5) is 18.2. The van der Waals surface area contributed by atoms with E-state index in [0.29, 0.717) is 18.3 Å². The topological polar surface area (TPSA) is 71.8 Å². The van der Waals surface area contributed by atoms with Crippen LogP contribution in [0.25, 0.3) is 0 Å². The van der Waals surface area contributed by atoms with Gasteiger partial charge in [0.2, 0.25) is 0 Å². The third kappa shape index (κ3) is 1.49. The van der Waals surface area contributed by atoms with Gasteiger partial charge in [0.25, 0.3) is 5.56 Å². The third-order valence-corrected chi connectivity index (χ3v) is 2.62. The Kier molecular flexibility index (Phi) is 2.14. The molecule has 0 bridgehead atoms. The summed E-state index contributed by atoms with van der Waals surface area (Å²) in [7, 11) is 0. The van der Waals surface area contributed by atoms with Crippen molar-refractivity contribution in [2.75, 3.05) is 0 Å². The highest BCUT2D eigenvalue weighted by Gasteiger charge is 2.22. The van der Waals surface area contributed by atoms with Gasteiger partial charge in [-0.25, -0.2) is 4.98 Å². The first-order valence-electron chi connectivity index (χ1n) is 4.59. The number of nitrogens with two attached hydrogens (primary N) is 1. The van der Waals surface area contributed by atoms with Gasteiger partial charge in [-0.05, 0) is 18.8 Å². The minimum atomic E-state index is -0.0137. The number of nitrogens with zero attached hydrogens (tertiary/aromatic N) is 1. The van der Waals surface area contributed by atoms with Crippen LogP contribution in [0.3, 0.4) is 0 Å². The van der Waals surface area contributed by atoms with Crippen molar-refractivity contribution in [1.82, 2.24) is 9.97 Å². The quantitative estimate of drug-likeness (QED) is 0.694. The molecule has 3 N–H and O–H groups in total. The van der Waals surface area contributed by atoms with E-state index < -0.39 is 0 Å². The zero-order valence-corrected chi connectivity index (χ0v) is 7.42. The van der Waals surface area contributed by atoms with Crippen molar-refractivity contribution in [3.63, 3.8) is 0 Å². The lowest BCUT2D eigenvalue weighted by atomic mass is 9.81. The van der Waals surface area contributed by atoms with Gasteiger partial charge in [0.15, 0.2) is 0 Å². The minimum absolute atomic E-state index is 0.0137. The zero-order chi connectivity index (χ0) is 9.26. The average molecular weight is 179 g/mol. The van der Waals surface area contributed by atoms with Crippen LogP contribution in [0, 0.1) is 0 Å². The molecule has 1 saturated carbocycles. The van der Waals surface area contributed by atoms with E-state index in [0.717, 1.165) is 18.4 Å². The molecule has 1 aliphatic rings. The van der Waals surface area contributed by atoms with Gasteiger partial charge in [-0.15, -0.1) is 0 Å². The maximum absolute atomic E-state index is 11.5. The fraction of sp³-hybridized carbons (Fsp3) is 0.556. The number of hydrogen-bond acceptors (Lipinski definition) is 3. The Bertz CT molecular complexity index is 354. The normalized spacial score (nSPS) is 17.0. The van der Waals surface area contributed by atoms with E-state index in [9.17, 15) is 4.79 Å². The molecule has 1 aromatic rings. The van der Waals surface area contributed by atoms with Gasteiger partial charge in [0, 0.05) is 11.8 Å². The molecule has 0 atom stereocenters. The Morgan fingerprint density at radius 1 is 1.62 bits per heavy atom. The molecule has 1 aromatic heterocycles. The Labute approximate surface area is 76.2 Å². The Morgan fingerprint density at radius 3 is 2.85 bits per heavy atom. The van der Waals surface area contributed by atoms with Crippen LogP contribution in [-0.2, 0) is 6.54 Å². The molecule has 0 radical (unpaired) electrons. The number of H-pyrrole nitrogens is 1. The van der Waals surface area contributed by atoms with Gasteiger partial charge >= 0.3 is 0 Å². The van der Waals surface area contributed by atoms with Gasteiger partial charge in [0.05, 0.1) is 6.54 Å². The molecule has 13 heavy (non-hydrogen) atoms. The zero-order valence-electron chi connectivity index (χ0n) is 7.42. The summed E-state index contributed by atoms with van der Waals surface area (Å²) in [6.07, 6.45) is 5.13. The van der Waals surface area contributed by atoms with Gasteiger partial charge in [-0.3, -0.25) is 4.79 Å². The van der Waals surface area contributed by atoms with Gasteiger partial charge in [-0.2, -0.15) is 0 Å². The van der Waals surface area contributed by atoms with Crippen molar-refractivity contribution in [2.45, 2.75) is 31.7 Å². The van der Waals surface area contributed by atoms with E-state index in [1.165, 1.54) is 6.42 Å². The van der Waals surface area contributed by atoms with Crippen molar-refractivity contribution in [2.24, 2.45) is 5.73 Å². The molecule has 0 aromatic carbocycles. The lowest BCUT2D eigenvalue weighted by molar-refractivity contribution is 0.415. The largest absolute Gasteiger partial charge is 0.324 e. The molecule has 70 valence electrons. The fourth-order valence-electron chi connectivity index (χ4n) is 1.56. The van der Waals surface area contributed by atoms with Crippen LogP contribution in [0.1, 0.15) is 36.6 Å². The SMILES string of the molecule is NCc1ncc(C2CCC2)c(=O)[nH]1. The third-order valence-electron chi connectivity index (χ3n) is 2.62. The summed E-state index contributed by atoms with van der Waals surface area (Å²) in [5, 5.41) is 0. The van der Waals surface area contributed by atoms with Gasteiger partial charge in [-0.1, -0.05) is 6.42 Å². The molecule has 0 saturated heterocycles. The summed E-state index contributed by atoms with van der Waals surface area (Å²) in [6, 6.07) is 0. The highest BCUT2D eigenvalue weighted by Crippen LogP contribution is 2.33. The number of nitrogens with one attached hydrogen (secondary N) is 1. The number of rotatable bonds is 2. The second kappa shape index (κ2) is 3.30. The molecule has 0 aliphatic heterocycles. The van der Waals surface area contributed by atoms with E-state index in [1.54, 1.807) is 6.20 Å². The molecule has 1 aliphatic carbocycles. The lowest BCUT2D eigenvalue weighted by Crippen LogP contribution is -2.23. The summed E-state index contributed by atoms with van der Waals surface area (Å²) in [6.45, 7) is 0.292. The van der Waals surface area contributed by atoms with Crippen LogP contribution in [0.15, 0.2) is 11.0 Å². The van der Waals surface area contributed by atoms with Crippen molar-refractivity contribution in [3.8, 4) is 0 Å². The van der Waals surface area contributed by atoms with E-state index in [-0.39, 0.29) is 5.56 Å². The first-order chi connectivity index (χ1) is 6.31. The standard InChI is InChI=1S/C9H13N3O/c10-4-8-11-5-7(9(13)12-8)6-2-1-3-6/h5-6H,1-4,10H2,(H,11,12,13). The second-order valence-electron chi connectivity index (χ2n) is 3.45. The second-order valence-corrected chi connectivity index (χ2v) is 3.45. The summed E-state index contributed by atoms with van der Waals surface area (Å²) in [5.41, 5.74) is 6.17. The molecular weight excluding hydrogens is 166 g/mol. The predicted octanol–water partition coefficient (Wildman–Crippen LogP) is 0.496. The van der Waals surface area contributed by atoms with Crippen LogP contribution in [0.2, 0.25) is 0 Å². The monoisotopic (exact) mass is 179 g/mol. The molecule has 1 fully saturated rings. The summed E-state index contributed by atoms with van der Waals surface area (Å²) >= 11 is 0. The maximum Gasteiger partial charge on any atom is 0.254 e. The molecular formula is C9H13N3O. The Morgan fingerprint density at radius 2 is 2.38 bits per heavy atom. The number of aromatic amines is 1. The number of hydrogen-bond donors (Lipinski definition) is 2. The van der Waals surface area contributed by atoms with Crippen LogP contribution >= 0.6 is 0 Å². The van der Waals surface area contributed by atoms with E-state index in [2.05, 4.69) is 9.97 Å². The molecule has 0 amide bonds. The molecule has 4 nitrogen and oxygen atoms in total. The van der Waals surface area contributed by atoms with Crippen molar-refractivity contribution < 1.29 is 0 Å². The van der Waals surface area contributed by atoms with Crippen molar-refractivity contribution in [1.29, 1.82) is 0 Å². The molecule has 2 rings (SSSR count). The van der Waals surface area contributed by atoms with E-state index in [1.807, 2.05) is 0 Å². The predicted molar refractivity (Wildman–Crippen MR) is 49.3 cm³/mol. The highest BCUT2D eigenvalue weighted by molar-refractivity contribution is 5.14. The average Bonchev–Trinajstić information content (AvgIpc) is 2.05. The van der Waals surface area contributed by atoms with Crippen LogP contribution in [0.4, 0.5) is 0 Å². The smallest absolute Gasteiger partial charge is 0.254 e. The fourth-order valence-corrected chi connectivity index (χ4v) is 1.56. The van der Waals surface area contributed by atoms with Crippen LogP contribution < -0.4 is 11.3 Å². The Hall–Kier alpha value is -1.16. The van der Waals surface area contributed by atoms with Crippen molar-refractivity contribution in [3.05, 3.63) is 27.9 Å². The lowest BCUT2D eigenvalue weighted by Gasteiger charge is -2.24. The molecule has 1 heterocycles. The minimum Gasteiger partial charge on any atom is -0.324 e. The van der Waals surface area contributed by atoms with Crippen LogP contribution in [0.5, 0.6) is 0 Å². The van der Waals surface area contributed by atoms with Gasteiger partial charge < -0.3 is 10.7 Å². The highest BCUT2D eigenvalue weighted by atomic mass is 16.1. The summed E-state index contributed by atoms with van der Waals surface area (Å²) in [5.74, 6) is 0.996. The molecule has 0 unspecified atom stereocenters. The van der Waals surface area contributed by atoms with E-state index in [4.69, 9.17) is 5.73 Å². The molecule has 0 spiro atoms. The first kappa shape index (κ1) is 8.44. The number of aromatic nitrogens is 2.